The molecule has 8 bridgehead atoms. The van der Waals surface area contributed by atoms with E-state index in [0.717, 1.165) is 56.0 Å². The van der Waals surface area contributed by atoms with Crippen LogP contribution in [0.15, 0.2) is 121 Å². The third-order valence-electron chi connectivity index (χ3n) is 6.72. The number of hydrogen-bond donors (Lipinski definition) is 2. The van der Waals surface area contributed by atoms with Crippen molar-refractivity contribution in [2.45, 2.75) is 0 Å². The first-order chi connectivity index (χ1) is 18.8. The van der Waals surface area contributed by atoms with E-state index in [1.807, 2.05) is 12.2 Å². The largest absolute Gasteiger partial charge is 0.355 e. The van der Waals surface area contributed by atoms with Crippen molar-refractivity contribution < 1.29 is 0 Å². The summed E-state index contributed by atoms with van der Waals surface area (Å²) < 4.78 is 0. The molecule has 5 heterocycles. The van der Waals surface area contributed by atoms with Gasteiger partial charge in [0.15, 0.2) is 0 Å². The predicted molar refractivity (Wildman–Crippen MR) is 158 cm³/mol. The van der Waals surface area contributed by atoms with Gasteiger partial charge in [-0.2, -0.15) is 0 Å². The molecule has 2 N–H and O–H groups in total. The summed E-state index contributed by atoms with van der Waals surface area (Å²) in [5, 5.41) is 2.62. The number of hydrogen-bond acceptors (Lipinski definition) is 2. The molecule has 4 heteroatoms. The molecule has 180 valence electrons. The van der Waals surface area contributed by atoms with Gasteiger partial charge in [0.05, 0.1) is 22.8 Å². The number of H-pyrrole nitrogens is 2. The Bertz CT molecular complexity index is 1930. The molecule has 0 unspecified atom stereocenters. The van der Waals surface area contributed by atoms with E-state index in [4.69, 9.17) is 9.97 Å². The zero-order valence-corrected chi connectivity index (χ0v) is 20.6. The summed E-state index contributed by atoms with van der Waals surface area (Å²) >= 11 is 0. The molecule has 2 aliphatic rings. The van der Waals surface area contributed by atoms with E-state index < -0.39 is 0 Å². The van der Waals surface area contributed by atoms with Gasteiger partial charge in [-0.25, -0.2) is 9.97 Å². The molecular formula is C34H24N4. The second kappa shape index (κ2) is 9.34. The van der Waals surface area contributed by atoms with Crippen molar-refractivity contribution >= 4 is 45.0 Å². The number of fused-ring (bicyclic) bond motifs is 12. The van der Waals surface area contributed by atoms with Crippen LogP contribution in [-0.2, 0) is 0 Å². The van der Waals surface area contributed by atoms with Crippen LogP contribution in [0.4, 0.5) is 0 Å². The fraction of sp³-hybridized carbons (Fsp3) is 0. The van der Waals surface area contributed by atoms with Crippen LogP contribution in [0.25, 0.3) is 67.5 Å². The van der Waals surface area contributed by atoms with Crippen LogP contribution < -0.4 is 0 Å². The molecule has 0 atom stereocenters. The van der Waals surface area contributed by atoms with E-state index in [2.05, 4.69) is 131 Å². The smallest absolute Gasteiger partial charge is 0.0737 e. The third kappa shape index (κ3) is 4.40. The Labute approximate surface area is 220 Å². The van der Waals surface area contributed by atoms with Crippen LogP contribution in [0.5, 0.6) is 0 Å². The molecule has 0 spiro atoms. The SMILES string of the molecule is C1=Cc2cc3ccc(cc4ccc(cc5nc(cc1n2)-c1ccccc1-5)[nH]4)[nH]3.c1ccc2ccccc2c1. The number of nitrogens with zero attached hydrogens (tertiary/aromatic N) is 2. The molecule has 0 saturated carbocycles. The highest BCUT2D eigenvalue weighted by molar-refractivity contribution is 5.87. The van der Waals surface area contributed by atoms with Gasteiger partial charge in [0.1, 0.15) is 0 Å². The van der Waals surface area contributed by atoms with Crippen molar-refractivity contribution in [3.63, 3.8) is 0 Å². The summed E-state index contributed by atoms with van der Waals surface area (Å²) in [5.41, 5.74) is 10.2. The van der Waals surface area contributed by atoms with E-state index >= 15 is 0 Å². The standard InChI is InChI=1S/C24H16N4.C10H8/c1-2-4-22-21(3-1)23-13-19-9-7-17(26-19)11-15-5-6-16(25-15)12-18-8-10-20(27-18)14-24(22)28-23;1-2-6-10-8-4-3-7-9(10)5-1/h1-14,25-26H;1-8H. The van der Waals surface area contributed by atoms with Crippen LogP contribution in [0, 0.1) is 0 Å². The lowest BCUT2D eigenvalue weighted by molar-refractivity contribution is 1.31. The lowest BCUT2D eigenvalue weighted by Crippen LogP contribution is -1.77. The van der Waals surface area contributed by atoms with Crippen molar-refractivity contribution in [1.82, 2.24) is 19.9 Å². The number of aromatic nitrogens is 4. The van der Waals surface area contributed by atoms with Crippen molar-refractivity contribution in [2.75, 3.05) is 0 Å². The zero-order valence-electron chi connectivity index (χ0n) is 20.6. The summed E-state index contributed by atoms with van der Waals surface area (Å²) in [4.78, 5) is 16.5. The Balaban J connectivity index is 0.000000203. The summed E-state index contributed by atoms with van der Waals surface area (Å²) in [5.74, 6) is 0. The normalized spacial score (nSPS) is 11.6. The van der Waals surface area contributed by atoms with Gasteiger partial charge in [-0.1, -0.05) is 72.8 Å². The molecule has 3 aromatic heterocycles. The maximum absolute atomic E-state index is 4.90. The van der Waals surface area contributed by atoms with Gasteiger partial charge in [0.25, 0.3) is 0 Å². The van der Waals surface area contributed by atoms with Gasteiger partial charge < -0.3 is 9.97 Å². The number of benzene rings is 3. The lowest BCUT2D eigenvalue weighted by Gasteiger charge is -1.97. The zero-order chi connectivity index (χ0) is 25.3. The minimum absolute atomic E-state index is 0.911. The number of aromatic amines is 2. The highest BCUT2D eigenvalue weighted by Crippen LogP contribution is 2.35. The average Bonchev–Trinajstić information content (AvgIpc) is 3.75. The Morgan fingerprint density at radius 2 is 0.842 bits per heavy atom. The predicted octanol–water partition coefficient (Wildman–Crippen LogP) is 8.66. The summed E-state index contributed by atoms with van der Waals surface area (Å²) in [6, 6.07) is 41.6. The van der Waals surface area contributed by atoms with Gasteiger partial charge in [0.2, 0.25) is 0 Å². The van der Waals surface area contributed by atoms with Crippen LogP contribution in [0.3, 0.4) is 0 Å². The second-order valence-electron chi connectivity index (χ2n) is 9.39. The molecule has 0 saturated heterocycles. The molecule has 0 amide bonds. The monoisotopic (exact) mass is 488 g/mol. The first-order valence-corrected chi connectivity index (χ1v) is 12.7. The Hall–Kier alpha value is -5.22. The maximum Gasteiger partial charge on any atom is 0.0737 e. The maximum atomic E-state index is 4.90. The minimum atomic E-state index is 0.911. The van der Waals surface area contributed by atoms with E-state index in [0.29, 0.717) is 0 Å². The van der Waals surface area contributed by atoms with Gasteiger partial charge in [0, 0.05) is 33.2 Å². The molecule has 0 radical (unpaired) electrons. The Kier molecular flexibility index (Phi) is 5.41. The number of nitrogens with one attached hydrogen (secondary N) is 2. The topological polar surface area (TPSA) is 57.4 Å². The van der Waals surface area contributed by atoms with Crippen molar-refractivity contribution in [1.29, 1.82) is 0 Å². The molecule has 38 heavy (non-hydrogen) atoms. The van der Waals surface area contributed by atoms with Crippen LogP contribution in [-0.4, -0.2) is 19.9 Å². The molecule has 4 nitrogen and oxygen atoms in total. The molecule has 6 aromatic rings. The van der Waals surface area contributed by atoms with Crippen molar-refractivity contribution in [3.8, 4) is 22.5 Å². The lowest BCUT2D eigenvalue weighted by atomic mass is 10.0. The van der Waals surface area contributed by atoms with Crippen molar-refractivity contribution in [3.05, 3.63) is 133 Å². The summed E-state index contributed by atoms with van der Waals surface area (Å²) in [6.45, 7) is 0. The molecule has 0 fully saturated rings. The first-order valence-electron chi connectivity index (χ1n) is 12.7. The van der Waals surface area contributed by atoms with E-state index in [1.165, 1.54) is 10.8 Å². The molecule has 2 aliphatic heterocycles. The van der Waals surface area contributed by atoms with Crippen LogP contribution in [0.1, 0.15) is 11.4 Å². The van der Waals surface area contributed by atoms with Crippen LogP contribution >= 0.6 is 0 Å². The van der Waals surface area contributed by atoms with Gasteiger partial charge in [-0.3, -0.25) is 0 Å². The highest BCUT2D eigenvalue weighted by Gasteiger charge is 2.15. The number of rotatable bonds is 0. The third-order valence-corrected chi connectivity index (χ3v) is 6.72. The summed E-state index contributed by atoms with van der Waals surface area (Å²) in [7, 11) is 0. The molecular weight excluding hydrogens is 464 g/mol. The molecule has 0 aliphatic carbocycles. The Morgan fingerprint density at radius 1 is 0.395 bits per heavy atom. The minimum Gasteiger partial charge on any atom is -0.355 e. The van der Waals surface area contributed by atoms with E-state index in [9.17, 15) is 0 Å². The fourth-order valence-corrected chi connectivity index (χ4v) is 4.90. The second-order valence-corrected chi connectivity index (χ2v) is 9.39. The highest BCUT2D eigenvalue weighted by atomic mass is 14.8. The average molecular weight is 489 g/mol. The van der Waals surface area contributed by atoms with E-state index in [1.54, 1.807) is 0 Å². The molecule has 3 aromatic carbocycles. The quantitative estimate of drug-likeness (QED) is 0.224. The van der Waals surface area contributed by atoms with Gasteiger partial charge in [-0.05, 0) is 71.5 Å². The fourth-order valence-electron chi connectivity index (χ4n) is 4.90. The van der Waals surface area contributed by atoms with E-state index in [-0.39, 0.29) is 0 Å². The van der Waals surface area contributed by atoms with Gasteiger partial charge >= 0.3 is 0 Å². The summed E-state index contributed by atoms with van der Waals surface area (Å²) in [6.07, 6.45) is 4.06. The van der Waals surface area contributed by atoms with Crippen LogP contribution in [0.2, 0.25) is 0 Å². The van der Waals surface area contributed by atoms with Gasteiger partial charge in [-0.15, -0.1) is 0 Å². The van der Waals surface area contributed by atoms with Crippen molar-refractivity contribution in [2.24, 2.45) is 0 Å². The first kappa shape index (κ1) is 22.0. The Morgan fingerprint density at radius 3 is 1.42 bits per heavy atom. The molecule has 8 rings (SSSR count).